The fourth-order valence-electron chi connectivity index (χ4n) is 1.18. The average Bonchev–Trinajstić information content (AvgIpc) is 2.08. The van der Waals surface area contributed by atoms with Gasteiger partial charge in [0.2, 0.25) is 0 Å². The Morgan fingerprint density at radius 3 is 1.50 bits per heavy atom. The van der Waals surface area contributed by atoms with Gasteiger partial charge in [0.1, 0.15) is 0 Å². The predicted molar refractivity (Wildman–Crippen MR) is 49.0 cm³/mol. The van der Waals surface area contributed by atoms with Gasteiger partial charge < -0.3 is 10.8 Å². The monoisotopic (exact) mass is 173 g/mol. The van der Waals surface area contributed by atoms with Crippen molar-refractivity contribution in [2.24, 2.45) is 5.73 Å². The molecule has 0 heterocycles. The molecule has 0 amide bonds. The Morgan fingerprint density at radius 1 is 1.08 bits per heavy atom. The molecular weight excluding hydrogens is 154 g/mol. The fraction of sp³-hybridized carbons (Fsp3) is 0.889. The molecule has 1 aliphatic rings. The number of rotatable bonds is 2. The molecule has 1 rings (SSSR count). The van der Waals surface area contributed by atoms with E-state index in [1.807, 2.05) is 0 Å². The van der Waals surface area contributed by atoms with Gasteiger partial charge in [0, 0.05) is 6.54 Å². The Bertz CT molecular complexity index is 99.6. The second-order valence-corrected chi connectivity index (χ2v) is 3.05. The molecule has 12 heavy (non-hydrogen) atoms. The van der Waals surface area contributed by atoms with Crippen molar-refractivity contribution in [2.45, 2.75) is 44.9 Å². The van der Waals surface area contributed by atoms with Crippen LogP contribution in [0.25, 0.3) is 0 Å². The van der Waals surface area contributed by atoms with E-state index < -0.39 is 5.97 Å². The molecule has 0 atom stereocenters. The molecule has 0 aromatic heterocycles. The minimum Gasteiger partial charge on any atom is -0.481 e. The molecule has 0 aromatic rings. The summed E-state index contributed by atoms with van der Waals surface area (Å²) in [7, 11) is 0. The Kier molecular flexibility index (Phi) is 8.12. The molecule has 1 fully saturated rings. The van der Waals surface area contributed by atoms with Crippen molar-refractivity contribution in [1.29, 1.82) is 0 Å². The quantitative estimate of drug-likeness (QED) is 0.668. The molecule has 0 saturated heterocycles. The third-order valence-electron chi connectivity index (χ3n) is 1.86. The first kappa shape index (κ1) is 11.4. The van der Waals surface area contributed by atoms with E-state index in [4.69, 9.17) is 10.8 Å². The molecule has 0 unspecified atom stereocenters. The fourth-order valence-corrected chi connectivity index (χ4v) is 1.18. The second-order valence-electron chi connectivity index (χ2n) is 3.05. The van der Waals surface area contributed by atoms with E-state index in [1.54, 1.807) is 0 Å². The van der Waals surface area contributed by atoms with E-state index >= 15 is 0 Å². The highest BCUT2D eigenvalue weighted by Crippen LogP contribution is 2.15. The number of hydrogen-bond acceptors (Lipinski definition) is 2. The SMILES string of the molecule is C1CCCCC1.NCCC(=O)O. The number of nitrogens with two attached hydrogens (primary N) is 1. The molecule has 72 valence electrons. The average molecular weight is 173 g/mol. The van der Waals surface area contributed by atoms with E-state index in [1.165, 1.54) is 38.5 Å². The lowest BCUT2D eigenvalue weighted by atomic mass is 10.0. The standard InChI is InChI=1S/C6H12.C3H7NO2/c1-2-4-6-5-3-1;4-2-1-3(5)6/h1-6H2;1-2,4H2,(H,5,6). The summed E-state index contributed by atoms with van der Waals surface area (Å²) < 4.78 is 0. The van der Waals surface area contributed by atoms with E-state index in [2.05, 4.69) is 0 Å². The van der Waals surface area contributed by atoms with Gasteiger partial charge in [-0.25, -0.2) is 0 Å². The Balaban J connectivity index is 0.000000202. The molecule has 0 aromatic carbocycles. The topological polar surface area (TPSA) is 63.3 Å². The number of hydrogen-bond donors (Lipinski definition) is 2. The van der Waals surface area contributed by atoms with Crippen molar-refractivity contribution in [1.82, 2.24) is 0 Å². The van der Waals surface area contributed by atoms with Gasteiger partial charge in [-0.1, -0.05) is 38.5 Å². The minimum atomic E-state index is -0.836. The van der Waals surface area contributed by atoms with Crippen molar-refractivity contribution in [3.8, 4) is 0 Å². The molecule has 0 bridgehead atoms. The van der Waals surface area contributed by atoms with Gasteiger partial charge >= 0.3 is 5.97 Å². The molecule has 1 saturated carbocycles. The third kappa shape index (κ3) is 9.43. The van der Waals surface area contributed by atoms with Gasteiger partial charge in [0.15, 0.2) is 0 Å². The lowest BCUT2D eigenvalue weighted by Crippen LogP contribution is -2.05. The first-order valence-electron chi connectivity index (χ1n) is 4.69. The lowest BCUT2D eigenvalue weighted by Gasteiger charge is -2.05. The summed E-state index contributed by atoms with van der Waals surface area (Å²) in [5, 5.41) is 7.83. The molecular formula is C9H19NO2. The van der Waals surface area contributed by atoms with E-state index in [0.717, 1.165) is 0 Å². The van der Waals surface area contributed by atoms with Crippen LogP contribution in [0, 0.1) is 0 Å². The van der Waals surface area contributed by atoms with Crippen molar-refractivity contribution in [2.75, 3.05) is 6.54 Å². The van der Waals surface area contributed by atoms with Crippen LogP contribution in [-0.4, -0.2) is 17.6 Å². The predicted octanol–water partition coefficient (Wildman–Crippen LogP) is 1.76. The first-order chi connectivity index (χ1) is 5.77. The van der Waals surface area contributed by atoms with Gasteiger partial charge in [-0.2, -0.15) is 0 Å². The lowest BCUT2D eigenvalue weighted by molar-refractivity contribution is -0.136. The number of aliphatic carboxylic acids is 1. The second kappa shape index (κ2) is 8.53. The van der Waals surface area contributed by atoms with Crippen molar-refractivity contribution in [3.63, 3.8) is 0 Å². The molecule has 3 nitrogen and oxygen atoms in total. The summed E-state index contributed by atoms with van der Waals surface area (Å²) >= 11 is 0. The number of carboxylic acids is 1. The van der Waals surface area contributed by atoms with Crippen molar-refractivity contribution >= 4 is 5.97 Å². The van der Waals surface area contributed by atoms with Crippen LogP contribution < -0.4 is 5.73 Å². The normalized spacial score (nSPS) is 16.1. The first-order valence-corrected chi connectivity index (χ1v) is 4.69. The number of carbonyl (C=O) groups is 1. The zero-order valence-electron chi connectivity index (χ0n) is 7.59. The molecule has 3 heteroatoms. The summed E-state index contributed by atoms with van der Waals surface area (Å²) in [6.07, 6.45) is 9.07. The zero-order chi connectivity index (χ0) is 9.23. The van der Waals surface area contributed by atoms with Crippen molar-refractivity contribution < 1.29 is 9.90 Å². The zero-order valence-corrected chi connectivity index (χ0v) is 7.59. The van der Waals surface area contributed by atoms with Crippen LogP contribution in [-0.2, 0) is 4.79 Å². The maximum Gasteiger partial charge on any atom is 0.304 e. The van der Waals surface area contributed by atoms with Crippen LogP contribution in [0.15, 0.2) is 0 Å². The van der Waals surface area contributed by atoms with E-state index in [0.29, 0.717) is 0 Å². The van der Waals surface area contributed by atoms with Gasteiger partial charge in [-0.05, 0) is 0 Å². The number of carboxylic acid groups (broad SMARTS) is 1. The molecule has 0 spiro atoms. The van der Waals surface area contributed by atoms with Crippen LogP contribution in [0.5, 0.6) is 0 Å². The van der Waals surface area contributed by atoms with Crippen LogP contribution >= 0.6 is 0 Å². The van der Waals surface area contributed by atoms with Gasteiger partial charge in [0.05, 0.1) is 6.42 Å². The van der Waals surface area contributed by atoms with E-state index in [-0.39, 0.29) is 13.0 Å². The Hall–Kier alpha value is -0.570. The molecule has 1 aliphatic carbocycles. The summed E-state index contributed by atoms with van der Waals surface area (Å²) in [6, 6.07) is 0. The summed E-state index contributed by atoms with van der Waals surface area (Å²) in [4.78, 5) is 9.52. The molecule has 0 aliphatic heterocycles. The third-order valence-corrected chi connectivity index (χ3v) is 1.86. The van der Waals surface area contributed by atoms with Crippen LogP contribution in [0.1, 0.15) is 44.9 Å². The summed E-state index contributed by atoms with van der Waals surface area (Å²) in [6.45, 7) is 0.231. The highest BCUT2D eigenvalue weighted by Gasteiger charge is 1.95. The van der Waals surface area contributed by atoms with Crippen molar-refractivity contribution in [3.05, 3.63) is 0 Å². The van der Waals surface area contributed by atoms with Gasteiger partial charge in [-0.15, -0.1) is 0 Å². The minimum absolute atomic E-state index is 0.0694. The van der Waals surface area contributed by atoms with Gasteiger partial charge in [-0.3, -0.25) is 4.79 Å². The largest absolute Gasteiger partial charge is 0.481 e. The van der Waals surface area contributed by atoms with Gasteiger partial charge in [0.25, 0.3) is 0 Å². The van der Waals surface area contributed by atoms with E-state index in [9.17, 15) is 4.79 Å². The summed E-state index contributed by atoms with van der Waals surface area (Å²) in [5.74, 6) is -0.836. The maximum absolute atomic E-state index is 9.52. The van der Waals surface area contributed by atoms with Crippen LogP contribution in [0.3, 0.4) is 0 Å². The highest BCUT2D eigenvalue weighted by molar-refractivity contribution is 5.66. The maximum atomic E-state index is 9.52. The van der Waals surface area contributed by atoms with Crippen LogP contribution in [0.4, 0.5) is 0 Å². The Morgan fingerprint density at radius 2 is 1.42 bits per heavy atom. The van der Waals surface area contributed by atoms with Crippen LogP contribution in [0.2, 0.25) is 0 Å². The Labute approximate surface area is 74.0 Å². The summed E-state index contributed by atoms with van der Waals surface area (Å²) in [5.41, 5.74) is 4.85. The molecule has 3 N–H and O–H groups in total. The highest BCUT2D eigenvalue weighted by atomic mass is 16.4. The smallest absolute Gasteiger partial charge is 0.304 e. The molecule has 0 radical (unpaired) electrons.